The summed E-state index contributed by atoms with van der Waals surface area (Å²) in [6, 6.07) is 0. The van der Waals surface area contributed by atoms with Crippen LogP contribution in [0.25, 0.3) is 0 Å². The molecule has 0 aliphatic carbocycles. The Bertz CT molecular complexity index is 262. The number of aromatic nitrogens is 3. The quantitative estimate of drug-likeness (QED) is 0.734. The summed E-state index contributed by atoms with van der Waals surface area (Å²) in [5.41, 5.74) is 0. The standard InChI is InChI=1S/C9H16N4/c1-2-13-7-11-12-9(13)5-8-3-4-10-6-8/h7-8,10H,2-6H2,1H3/t8-/m0/s1. The molecule has 0 spiro atoms. The summed E-state index contributed by atoms with van der Waals surface area (Å²) in [7, 11) is 0. The second-order valence-corrected chi connectivity index (χ2v) is 3.60. The minimum atomic E-state index is 0.759. The largest absolute Gasteiger partial charge is 0.318 e. The first-order chi connectivity index (χ1) is 6.40. The lowest BCUT2D eigenvalue weighted by Gasteiger charge is -2.07. The van der Waals surface area contributed by atoms with Crippen LogP contribution in [-0.4, -0.2) is 27.9 Å². The van der Waals surface area contributed by atoms with Gasteiger partial charge in [-0.05, 0) is 32.4 Å². The Labute approximate surface area is 78.4 Å². The van der Waals surface area contributed by atoms with Crippen molar-refractivity contribution >= 4 is 0 Å². The molecule has 2 rings (SSSR count). The van der Waals surface area contributed by atoms with Crippen molar-refractivity contribution in [3.63, 3.8) is 0 Å². The number of nitrogens with zero attached hydrogens (tertiary/aromatic N) is 3. The summed E-state index contributed by atoms with van der Waals surface area (Å²) in [5, 5.41) is 11.4. The molecular formula is C9H16N4. The van der Waals surface area contributed by atoms with Crippen LogP contribution in [-0.2, 0) is 13.0 Å². The molecule has 1 N–H and O–H groups in total. The Morgan fingerprint density at radius 2 is 2.62 bits per heavy atom. The number of aryl methyl sites for hydroxylation is 1. The van der Waals surface area contributed by atoms with Crippen LogP contribution in [0, 0.1) is 5.92 Å². The zero-order valence-corrected chi connectivity index (χ0v) is 8.03. The summed E-state index contributed by atoms with van der Waals surface area (Å²) in [4.78, 5) is 0. The lowest BCUT2D eigenvalue weighted by molar-refractivity contribution is 0.538. The zero-order chi connectivity index (χ0) is 9.10. The third-order valence-corrected chi connectivity index (χ3v) is 2.67. The van der Waals surface area contributed by atoms with Gasteiger partial charge in [-0.1, -0.05) is 0 Å². The summed E-state index contributed by atoms with van der Waals surface area (Å²) < 4.78 is 2.12. The third-order valence-electron chi connectivity index (χ3n) is 2.67. The van der Waals surface area contributed by atoms with Crippen LogP contribution in [0.1, 0.15) is 19.2 Å². The molecule has 1 aromatic rings. The van der Waals surface area contributed by atoms with E-state index >= 15 is 0 Å². The van der Waals surface area contributed by atoms with Crippen LogP contribution >= 0.6 is 0 Å². The van der Waals surface area contributed by atoms with Crippen molar-refractivity contribution in [3.05, 3.63) is 12.2 Å². The van der Waals surface area contributed by atoms with Crippen LogP contribution in [0.2, 0.25) is 0 Å². The topological polar surface area (TPSA) is 42.7 Å². The highest BCUT2D eigenvalue weighted by atomic mass is 15.3. The average molecular weight is 180 g/mol. The first-order valence-electron chi connectivity index (χ1n) is 4.97. The van der Waals surface area contributed by atoms with Gasteiger partial charge in [-0.2, -0.15) is 0 Å². The summed E-state index contributed by atoms with van der Waals surface area (Å²) in [6.07, 6.45) is 4.16. The molecule has 1 aromatic heterocycles. The summed E-state index contributed by atoms with van der Waals surface area (Å²) in [5.74, 6) is 1.89. The Balaban J connectivity index is 1.99. The van der Waals surface area contributed by atoms with E-state index in [1.54, 1.807) is 0 Å². The van der Waals surface area contributed by atoms with Crippen molar-refractivity contribution in [2.75, 3.05) is 13.1 Å². The molecule has 72 valence electrons. The molecule has 0 bridgehead atoms. The monoisotopic (exact) mass is 180 g/mol. The van der Waals surface area contributed by atoms with Gasteiger partial charge in [-0.3, -0.25) is 0 Å². The van der Waals surface area contributed by atoms with Gasteiger partial charge in [0.1, 0.15) is 12.2 Å². The molecule has 0 saturated carbocycles. The highest BCUT2D eigenvalue weighted by molar-refractivity contribution is 4.90. The molecule has 13 heavy (non-hydrogen) atoms. The Morgan fingerprint density at radius 3 is 3.31 bits per heavy atom. The van der Waals surface area contributed by atoms with Crippen LogP contribution in [0.15, 0.2) is 6.33 Å². The lowest BCUT2D eigenvalue weighted by Crippen LogP contribution is -2.13. The average Bonchev–Trinajstić information content (AvgIpc) is 2.76. The molecule has 0 radical (unpaired) electrons. The Morgan fingerprint density at radius 1 is 1.69 bits per heavy atom. The predicted molar refractivity (Wildman–Crippen MR) is 50.4 cm³/mol. The summed E-state index contributed by atoms with van der Waals surface area (Å²) >= 11 is 0. The van der Waals surface area contributed by atoms with Gasteiger partial charge in [-0.15, -0.1) is 10.2 Å². The molecular weight excluding hydrogens is 164 g/mol. The molecule has 2 heterocycles. The van der Waals surface area contributed by atoms with Crippen molar-refractivity contribution in [3.8, 4) is 0 Å². The van der Waals surface area contributed by atoms with Crippen molar-refractivity contribution in [2.24, 2.45) is 5.92 Å². The molecule has 1 aliphatic rings. The normalized spacial score (nSPS) is 22.4. The summed E-state index contributed by atoms with van der Waals surface area (Å²) in [6.45, 7) is 5.39. The highest BCUT2D eigenvalue weighted by Crippen LogP contribution is 2.13. The van der Waals surface area contributed by atoms with E-state index < -0.39 is 0 Å². The molecule has 4 nitrogen and oxygen atoms in total. The van der Waals surface area contributed by atoms with Crippen molar-refractivity contribution in [2.45, 2.75) is 26.3 Å². The Hall–Kier alpha value is -0.900. The molecule has 1 aliphatic heterocycles. The number of hydrogen-bond donors (Lipinski definition) is 1. The molecule has 1 saturated heterocycles. The predicted octanol–water partition coefficient (Wildman–Crippen LogP) is 0.450. The Kier molecular flexibility index (Phi) is 2.59. The van der Waals surface area contributed by atoms with E-state index in [-0.39, 0.29) is 0 Å². The molecule has 0 amide bonds. The first-order valence-corrected chi connectivity index (χ1v) is 4.97. The molecule has 0 aromatic carbocycles. The minimum absolute atomic E-state index is 0.759. The second kappa shape index (κ2) is 3.87. The van der Waals surface area contributed by atoms with E-state index in [0.29, 0.717) is 0 Å². The van der Waals surface area contributed by atoms with E-state index in [4.69, 9.17) is 0 Å². The maximum absolute atomic E-state index is 4.14. The fourth-order valence-corrected chi connectivity index (χ4v) is 1.85. The van der Waals surface area contributed by atoms with E-state index in [1.165, 1.54) is 6.42 Å². The fraction of sp³-hybridized carbons (Fsp3) is 0.778. The first kappa shape index (κ1) is 8.69. The van der Waals surface area contributed by atoms with Gasteiger partial charge >= 0.3 is 0 Å². The van der Waals surface area contributed by atoms with Gasteiger partial charge in [0.05, 0.1) is 0 Å². The van der Waals surface area contributed by atoms with Crippen molar-refractivity contribution < 1.29 is 0 Å². The van der Waals surface area contributed by atoms with E-state index in [0.717, 1.165) is 37.8 Å². The molecule has 0 unspecified atom stereocenters. The van der Waals surface area contributed by atoms with Crippen LogP contribution in [0.3, 0.4) is 0 Å². The van der Waals surface area contributed by atoms with Gasteiger partial charge in [0.2, 0.25) is 0 Å². The van der Waals surface area contributed by atoms with Gasteiger partial charge < -0.3 is 9.88 Å². The van der Waals surface area contributed by atoms with Gasteiger partial charge in [0.25, 0.3) is 0 Å². The lowest BCUT2D eigenvalue weighted by atomic mass is 10.0. The molecule has 1 atom stereocenters. The van der Waals surface area contributed by atoms with E-state index in [2.05, 4.69) is 27.0 Å². The maximum Gasteiger partial charge on any atom is 0.133 e. The number of nitrogens with one attached hydrogen (secondary N) is 1. The van der Waals surface area contributed by atoms with Gasteiger partial charge in [0, 0.05) is 13.0 Å². The van der Waals surface area contributed by atoms with E-state index in [9.17, 15) is 0 Å². The smallest absolute Gasteiger partial charge is 0.133 e. The SMILES string of the molecule is CCn1cnnc1C[C@@H]1CCNC1. The third kappa shape index (κ3) is 1.88. The second-order valence-electron chi connectivity index (χ2n) is 3.60. The fourth-order valence-electron chi connectivity index (χ4n) is 1.85. The van der Waals surface area contributed by atoms with Crippen LogP contribution in [0.5, 0.6) is 0 Å². The van der Waals surface area contributed by atoms with Crippen molar-refractivity contribution in [1.82, 2.24) is 20.1 Å². The van der Waals surface area contributed by atoms with Gasteiger partial charge in [0.15, 0.2) is 0 Å². The zero-order valence-electron chi connectivity index (χ0n) is 8.03. The number of hydrogen-bond acceptors (Lipinski definition) is 3. The van der Waals surface area contributed by atoms with Crippen LogP contribution in [0.4, 0.5) is 0 Å². The highest BCUT2D eigenvalue weighted by Gasteiger charge is 2.17. The van der Waals surface area contributed by atoms with Crippen LogP contribution < -0.4 is 5.32 Å². The molecule has 4 heteroatoms. The minimum Gasteiger partial charge on any atom is -0.318 e. The van der Waals surface area contributed by atoms with E-state index in [1.807, 2.05) is 6.33 Å². The van der Waals surface area contributed by atoms with Crippen molar-refractivity contribution in [1.29, 1.82) is 0 Å². The van der Waals surface area contributed by atoms with Gasteiger partial charge in [-0.25, -0.2) is 0 Å². The molecule has 1 fully saturated rings. The maximum atomic E-state index is 4.14. The number of rotatable bonds is 3.